The normalized spacial score (nSPS) is 12.9. The topological polar surface area (TPSA) is 64.1 Å². The number of aromatic nitrogens is 2. The highest BCUT2D eigenvalue weighted by atomic mass is 79.9. The van der Waals surface area contributed by atoms with Crippen molar-refractivity contribution < 1.29 is 8.94 Å². The fourth-order valence-corrected chi connectivity index (χ4v) is 1.89. The Bertz CT molecular complexity index is 481. The van der Waals surface area contributed by atoms with E-state index >= 15 is 0 Å². The highest BCUT2D eigenvalue weighted by molar-refractivity contribution is 9.10. The van der Waals surface area contributed by atoms with Crippen molar-refractivity contribution in [1.82, 2.24) is 15.5 Å². The number of nitrogens with one attached hydrogen (secondary N) is 1. The SMILES string of the molecule is CCC(NCc1ccc(Br)o1)c1noc(C)n1. The summed E-state index contributed by atoms with van der Waals surface area (Å²) in [5.41, 5.74) is 0. The molecule has 92 valence electrons. The van der Waals surface area contributed by atoms with Crippen LogP contribution >= 0.6 is 15.9 Å². The molecule has 1 N–H and O–H groups in total. The quantitative estimate of drug-likeness (QED) is 0.919. The molecule has 0 spiro atoms. The molecule has 0 aliphatic heterocycles. The summed E-state index contributed by atoms with van der Waals surface area (Å²) in [7, 11) is 0. The van der Waals surface area contributed by atoms with E-state index in [4.69, 9.17) is 8.94 Å². The van der Waals surface area contributed by atoms with Gasteiger partial charge in [0.15, 0.2) is 10.5 Å². The maximum atomic E-state index is 5.41. The van der Waals surface area contributed by atoms with Gasteiger partial charge in [0.1, 0.15) is 5.76 Å². The third kappa shape index (κ3) is 3.17. The number of aryl methyl sites for hydroxylation is 1. The minimum absolute atomic E-state index is 0.0799. The van der Waals surface area contributed by atoms with E-state index in [1.54, 1.807) is 6.92 Å². The zero-order chi connectivity index (χ0) is 12.3. The zero-order valence-electron chi connectivity index (χ0n) is 9.74. The Hall–Kier alpha value is -1.14. The zero-order valence-corrected chi connectivity index (χ0v) is 11.3. The van der Waals surface area contributed by atoms with Gasteiger partial charge in [0, 0.05) is 6.92 Å². The molecule has 0 fully saturated rings. The van der Waals surface area contributed by atoms with Crippen molar-refractivity contribution in [3.8, 4) is 0 Å². The van der Waals surface area contributed by atoms with Crippen molar-refractivity contribution in [3.05, 3.63) is 34.3 Å². The van der Waals surface area contributed by atoms with Crippen LogP contribution in [0.3, 0.4) is 0 Å². The van der Waals surface area contributed by atoms with E-state index in [1.165, 1.54) is 0 Å². The lowest BCUT2D eigenvalue weighted by atomic mass is 10.2. The molecule has 0 saturated heterocycles. The van der Waals surface area contributed by atoms with E-state index in [0.29, 0.717) is 18.3 Å². The molecular formula is C11H14BrN3O2. The first-order valence-electron chi connectivity index (χ1n) is 5.47. The lowest BCUT2D eigenvalue weighted by Gasteiger charge is -2.11. The minimum Gasteiger partial charge on any atom is -0.453 e. The van der Waals surface area contributed by atoms with Gasteiger partial charge in [-0.15, -0.1) is 0 Å². The molecule has 0 saturated carbocycles. The first-order chi connectivity index (χ1) is 8.19. The highest BCUT2D eigenvalue weighted by Gasteiger charge is 2.15. The van der Waals surface area contributed by atoms with Gasteiger partial charge < -0.3 is 14.3 Å². The van der Waals surface area contributed by atoms with Crippen molar-refractivity contribution >= 4 is 15.9 Å². The molecule has 0 aliphatic carbocycles. The predicted octanol–water partition coefficient (Wildman–Crippen LogP) is 2.97. The summed E-state index contributed by atoms with van der Waals surface area (Å²) in [5.74, 6) is 2.15. The summed E-state index contributed by atoms with van der Waals surface area (Å²) in [4.78, 5) is 4.22. The molecule has 5 nitrogen and oxygen atoms in total. The standard InChI is InChI=1S/C11H14BrN3O2/c1-3-9(11-14-7(2)17-15-11)13-6-8-4-5-10(12)16-8/h4-5,9,13H,3,6H2,1-2H3. The summed E-state index contributed by atoms with van der Waals surface area (Å²) in [5, 5.41) is 7.25. The monoisotopic (exact) mass is 299 g/mol. The Morgan fingerprint density at radius 1 is 1.47 bits per heavy atom. The fourth-order valence-electron chi connectivity index (χ4n) is 1.55. The second-order valence-corrected chi connectivity index (χ2v) is 4.50. The van der Waals surface area contributed by atoms with Crippen LogP contribution < -0.4 is 5.32 Å². The van der Waals surface area contributed by atoms with Crippen LogP contribution in [0.1, 0.15) is 36.9 Å². The van der Waals surface area contributed by atoms with Crippen molar-refractivity contribution in [2.45, 2.75) is 32.9 Å². The van der Waals surface area contributed by atoms with E-state index in [0.717, 1.165) is 16.9 Å². The van der Waals surface area contributed by atoms with Gasteiger partial charge in [-0.25, -0.2) is 0 Å². The smallest absolute Gasteiger partial charge is 0.223 e. The number of nitrogens with zero attached hydrogens (tertiary/aromatic N) is 2. The average Bonchev–Trinajstić information content (AvgIpc) is 2.89. The van der Waals surface area contributed by atoms with Crippen LogP contribution in [-0.4, -0.2) is 10.1 Å². The van der Waals surface area contributed by atoms with Crippen LogP contribution in [0, 0.1) is 6.92 Å². The second-order valence-electron chi connectivity index (χ2n) is 3.72. The maximum absolute atomic E-state index is 5.41. The van der Waals surface area contributed by atoms with Gasteiger partial charge in [0.05, 0.1) is 12.6 Å². The second kappa shape index (κ2) is 5.46. The summed E-state index contributed by atoms with van der Waals surface area (Å²) >= 11 is 3.27. The van der Waals surface area contributed by atoms with Crippen molar-refractivity contribution in [2.24, 2.45) is 0 Å². The van der Waals surface area contributed by atoms with Crippen LogP contribution in [0.15, 0.2) is 25.7 Å². The van der Waals surface area contributed by atoms with E-state index in [2.05, 4.69) is 38.3 Å². The third-order valence-electron chi connectivity index (χ3n) is 2.41. The molecule has 0 radical (unpaired) electrons. The Balaban J connectivity index is 1.96. The highest BCUT2D eigenvalue weighted by Crippen LogP contribution is 2.17. The number of hydrogen-bond acceptors (Lipinski definition) is 5. The average molecular weight is 300 g/mol. The molecule has 2 heterocycles. The Kier molecular flexibility index (Phi) is 3.96. The molecule has 0 amide bonds. The summed E-state index contributed by atoms with van der Waals surface area (Å²) < 4.78 is 11.1. The van der Waals surface area contributed by atoms with Crippen LogP contribution in [0.2, 0.25) is 0 Å². The Morgan fingerprint density at radius 2 is 2.29 bits per heavy atom. The van der Waals surface area contributed by atoms with E-state index in [1.807, 2.05) is 12.1 Å². The molecule has 2 aromatic heterocycles. The molecule has 6 heteroatoms. The first-order valence-corrected chi connectivity index (χ1v) is 6.26. The van der Waals surface area contributed by atoms with Crippen molar-refractivity contribution in [3.63, 3.8) is 0 Å². The van der Waals surface area contributed by atoms with Gasteiger partial charge >= 0.3 is 0 Å². The van der Waals surface area contributed by atoms with Gasteiger partial charge in [0.25, 0.3) is 0 Å². The summed E-state index contributed by atoms with van der Waals surface area (Å²) in [6.07, 6.45) is 0.890. The molecule has 1 unspecified atom stereocenters. The van der Waals surface area contributed by atoms with Gasteiger partial charge in [-0.1, -0.05) is 12.1 Å². The number of halogens is 1. The molecule has 0 aromatic carbocycles. The number of rotatable bonds is 5. The van der Waals surface area contributed by atoms with Gasteiger partial charge in [-0.2, -0.15) is 4.98 Å². The van der Waals surface area contributed by atoms with E-state index in [9.17, 15) is 0 Å². The van der Waals surface area contributed by atoms with Crippen LogP contribution in [0.5, 0.6) is 0 Å². The Labute approximate surface area is 108 Å². The lowest BCUT2D eigenvalue weighted by Crippen LogP contribution is -2.21. The summed E-state index contributed by atoms with van der Waals surface area (Å²) in [6, 6.07) is 3.87. The molecule has 0 aliphatic rings. The van der Waals surface area contributed by atoms with Crippen LogP contribution in [-0.2, 0) is 6.54 Å². The third-order valence-corrected chi connectivity index (χ3v) is 2.84. The molecule has 2 rings (SSSR count). The van der Waals surface area contributed by atoms with Crippen LogP contribution in [0.25, 0.3) is 0 Å². The summed E-state index contributed by atoms with van der Waals surface area (Å²) in [6.45, 7) is 4.49. The van der Waals surface area contributed by atoms with Gasteiger partial charge in [0.2, 0.25) is 5.89 Å². The number of hydrogen-bond donors (Lipinski definition) is 1. The maximum Gasteiger partial charge on any atom is 0.223 e. The van der Waals surface area contributed by atoms with Crippen molar-refractivity contribution in [2.75, 3.05) is 0 Å². The number of furan rings is 1. The van der Waals surface area contributed by atoms with Crippen molar-refractivity contribution in [1.29, 1.82) is 0 Å². The van der Waals surface area contributed by atoms with Crippen LogP contribution in [0.4, 0.5) is 0 Å². The van der Waals surface area contributed by atoms with Gasteiger partial charge in [-0.05, 0) is 34.5 Å². The first kappa shape index (κ1) is 12.3. The van der Waals surface area contributed by atoms with Gasteiger partial charge in [-0.3, -0.25) is 0 Å². The van der Waals surface area contributed by atoms with E-state index in [-0.39, 0.29) is 6.04 Å². The fraction of sp³-hybridized carbons (Fsp3) is 0.455. The molecule has 0 bridgehead atoms. The van der Waals surface area contributed by atoms with E-state index < -0.39 is 0 Å². The largest absolute Gasteiger partial charge is 0.453 e. The predicted molar refractivity (Wildman–Crippen MR) is 65.3 cm³/mol. The molecule has 1 atom stereocenters. The molecular weight excluding hydrogens is 286 g/mol. The molecule has 17 heavy (non-hydrogen) atoms. The molecule has 2 aromatic rings. The Morgan fingerprint density at radius 3 is 2.82 bits per heavy atom. The minimum atomic E-state index is 0.0799. The lowest BCUT2D eigenvalue weighted by molar-refractivity contribution is 0.369.